The second kappa shape index (κ2) is 5.77. The molecule has 0 radical (unpaired) electrons. The standard InChI is InChI=1S/C15H21N3/c1-2-13-8-4-3-5-10-18(13)14-9-6-7-12(11-16)15(14)17/h6-7,9,13H,2-5,8,10,17H2,1H3. The van der Waals surface area contributed by atoms with Crippen LogP contribution in [0.1, 0.15) is 44.6 Å². The van der Waals surface area contributed by atoms with Crippen LogP contribution in [0.5, 0.6) is 0 Å². The Morgan fingerprint density at radius 1 is 1.39 bits per heavy atom. The van der Waals surface area contributed by atoms with Crippen molar-refractivity contribution in [2.24, 2.45) is 0 Å². The molecule has 2 rings (SSSR count). The average molecular weight is 243 g/mol. The summed E-state index contributed by atoms with van der Waals surface area (Å²) in [5.41, 5.74) is 8.40. The normalized spacial score (nSPS) is 20.2. The summed E-state index contributed by atoms with van der Waals surface area (Å²) >= 11 is 0. The van der Waals surface area contributed by atoms with Gasteiger partial charge in [0.1, 0.15) is 6.07 Å². The number of benzene rings is 1. The van der Waals surface area contributed by atoms with Crippen LogP contribution < -0.4 is 10.6 Å². The van der Waals surface area contributed by atoms with E-state index < -0.39 is 0 Å². The van der Waals surface area contributed by atoms with Gasteiger partial charge >= 0.3 is 0 Å². The van der Waals surface area contributed by atoms with E-state index in [9.17, 15) is 0 Å². The highest BCUT2D eigenvalue weighted by Gasteiger charge is 2.21. The van der Waals surface area contributed by atoms with Crippen LogP contribution >= 0.6 is 0 Å². The van der Waals surface area contributed by atoms with Crippen LogP contribution in [0.2, 0.25) is 0 Å². The molecule has 1 aliphatic rings. The highest BCUT2D eigenvalue weighted by atomic mass is 15.2. The second-order valence-corrected chi connectivity index (χ2v) is 4.95. The third-order valence-corrected chi connectivity index (χ3v) is 3.86. The van der Waals surface area contributed by atoms with Gasteiger partial charge in [0.05, 0.1) is 16.9 Å². The third-order valence-electron chi connectivity index (χ3n) is 3.86. The summed E-state index contributed by atoms with van der Waals surface area (Å²) in [5, 5.41) is 9.07. The number of hydrogen-bond donors (Lipinski definition) is 1. The molecule has 2 N–H and O–H groups in total. The molecule has 18 heavy (non-hydrogen) atoms. The summed E-state index contributed by atoms with van der Waals surface area (Å²) < 4.78 is 0. The van der Waals surface area contributed by atoms with Crippen LogP contribution in [0.25, 0.3) is 0 Å². The monoisotopic (exact) mass is 243 g/mol. The van der Waals surface area contributed by atoms with E-state index in [0.717, 1.165) is 18.7 Å². The number of anilines is 2. The third kappa shape index (κ3) is 2.43. The number of nitriles is 1. The topological polar surface area (TPSA) is 53.0 Å². The molecule has 1 heterocycles. The number of nitrogens with zero attached hydrogens (tertiary/aromatic N) is 2. The lowest BCUT2D eigenvalue weighted by atomic mass is 10.1. The van der Waals surface area contributed by atoms with E-state index >= 15 is 0 Å². The lowest BCUT2D eigenvalue weighted by molar-refractivity contribution is 0.557. The van der Waals surface area contributed by atoms with Crippen molar-refractivity contribution in [1.29, 1.82) is 5.26 Å². The minimum atomic E-state index is 0.559. The minimum absolute atomic E-state index is 0.559. The van der Waals surface area contributed by atoms with Gasteiger partial charge in [-0.05, 0) is 31.4 Å². The fraction of sp³-hybridized carbons (Fsp3) is 0.533. The highest BCUT2D eigenvalue weighted by Crippen LogP contribution is 2.31. The molecule has 0 amide bonds. The Labute approximate surface area is 109 Å². The molecule has 3 nitrogen and oxygen atoms in total. The Morgan fingerprint density at radius 3 is 2.94 bits per heavy atom. The molecule has 1 saturated heterocycles. The predicted molar refractivity (Wildman–Crippen MR) is 75.5 cm³/mol. The molecule has 0 aromatic heterocycles. The van der Waals surface area contributed by atoms with Crippen molar-refractivity contribution in [3.05, 3.63) is 23.8 Å². The first-order chi connectivity index (χ1) is 8.77. The molecule has 0 bridgehead atoms. The van der Waals surface area contributed by atoms with Crippen LogP contribution in [0.4, 0.5) is 11.4 Å². The van der Waals surface area contributed by atoms with Crippen molar-refractivity contribution in [3.63, 3.8) is 0 Å². The molecular weight excluding hydrogens is 222 g/mol. The largest absolute Gasteiger partial charge is 0.396 e. The molecule has 1 atom stereocenters. The zero-order valence-electron chi connectivity index (χ0n) is 11.0. The molecular formula is C15H21N3. The first kappa shape index (κ1) is 12.8. The van der Waals surface area contributed by atoms with E-state index in [0.29, 0.717) is 17.3 Å². The summed E-state index contributed by atoms with van der Waals surface area (Å²) in [6.07, 6.45) is 6.17. The maximum absolute atomic E-state index is 9.07. The lowest BCUT2D eigenvalue weighted by Gasteiger charge is -2.32. The van der Waals surface area contributed by atoms with Crippen molar-refractivity contribution in [2.45, 2.75) is 45.1 Å². The predicted octanol–water partition coefficient (Wildman–Crippen LogP) is 3.30. The average Bonchev–Trinajstić information content (AvgIpc) is 2.64. The summed E-state index contributed by atoms with van der Waals surface area (Å²) in [6.45, 7) is 3.28. The van der Waals surface area contributed by atoms with Crippen molar-refractivity contribution < 1.29 is 0 Å². The fourth-order valence-electron chi connectivity index (χ4n) is 2.82. The fourth-order valence-corrected chi connectivity index (χ4v) is 2.82. The van der Waals surface area contributed by atoms with E-state index in [1.165, 1.54) is 25.7 Å². The van der Waals surface area contributed by atoms with Gasteiger partial charge in [0.2, 0.25) is 0 Å². The van der Waals surface area contributed by atoms with Crippen molar-refractivity contribution in [1.82, 2.24) is 0 Å². The number of para-hydroxylation sites is 1. The van der Waals surface area contributed by atoms with Gasteiger partial charge < -0.3 is 10.6 Å². The number of nitrogen functional groups attached to an aromatic ring is 1. The summed E-state index contributed by atoms with van der Waals surface area (Å²) in [4.78, 5) is 2.41. The SMILES string of the molecule is CCC1CCCCCN1c1cccc(C#N)c1N. The van der Waals surface area contributed by atoms with Gasteiger partial charge in [0.15, 0.2) is 0 Å². The maximum atomic E-state index is 9.07. The molecule has 96 valence electrons. The van der Waals surface area contributed by atoms with Crippen molar-refractivity contribution >= 4 is 11.4 Å². The highest BCUT2D eigenvalue weighted by molar-refractivity contribution is 5.74. The maximum Gasteiger partial charge on any atom is 0.101 e. The van der Waals surface area contributed by atoms with Gasteiger partial charge in [-0.3, -0.25) is 0 Å². The van der Waals surface area contributed by atoms with Crippen LogP contribution in [0, 0.1) is 11.3 Å². The van der Waals surface area contributed by atoms with Crippen LogP contribution in [0.15, 0.2) is 18.2 Å². The molecule has 1 aromatic carbocycles. The zero-order valence-corrected chi connectivity index (χ0v) is 11.0. The smallest absolute Gasteiger partial charge is 0.101 e. The Hall–Kier alpha value is -1.69. The molecule has 0 aliphatic carbocycles. The van der Waals surface area contributed by atoms with Gasteiger partial charge in [-0.1, -0.05) is 25.8 Å². The van der Waals surface area contributed by atoms with E-state index in [2.05, 4.69) is 17.9 Å². The van der Waals surface area contributed by atoms with Gasteiger partial charge in [-0.25, -0.2) is 0 Å². The first-order valence-corrected chi connectivity index (χ1v) is 6.83. The molecule has 1 fully saturated rings. The number of nitrogens with two attached hydrogens (primary N) is 1. The summed E-state index contributed by atoms with van der Waals surface area (Å²) in [6, 6.07) is 8.50. The zero-order chi connectivity index (χ0) is 13.0. The Kier molecular flexibility index (Phi) is 4.09. The molecule has 1 unspecified atom stereocenters. The Balaban J connectivity index is 2.36. The van der Waals surface area contributed by atoms with Crippen LogP contribution in [-0.2, 0) is 0 Å². The molecule has 0 saturated carbocycles. The minimum Gasteiger partial charge on any atom is -0.396 e. The van der Waals surface area contributed by atoms with E-state index in [1.54, 1.807) is 6.07 Å². The van der Waals surface area contributed by atoms with Gasteiger partial charge in [0, 0.05) is 12.6 Å². The second-order valence-electron chi connectivity index (χ2n) is 4.95. The summed E-state index contributed by atoms with van der Waals surface area (Å²) in [5.74, 6) is 0. The van der Waals surface area contributed by atoms with Crippen molar-refractivity contribution in [3.8, 4) is 6.07 Å². The Morgan fingerprint density at radius 2 is 2.22 bits per heavy atom. The Bertz CT molecular complexity index is 448. The molecule has 0 spiro atoms. The van der Waals surface area contributed by atoms with Crippen molar-refractivity contribution in [2.75, 3.05) is 17.2 Å². The molecule has 1 aliphatic heterocycles. The van der Waals surface area contributed by atoms with Gasteiger partial charge in [0.25, 0.3) is 0 Å². The van der Waals surface area contributed by atoms with Gasteiger partial charge in [-0.2, -0.15) is 5.26 Å². The van der Waals surface area contributed by atoms with Gasteiger partial charge in [-0.15, -0.1) is 0 Å². The number of hydrogen-bond acceptors (Lipinski definition) is 3. The molecule has 3 heteroatoms. The quantitative estimate of drug-likeness (QED) is 0.811. The van der Waals surface area contributed by atoms with Crippen LogP contribution in [-0.4, -0.2) is 12.6 Å². The first-order valence-electron chi connectivity index (χ1n) is 6.83. The molecule has 1 aromatic rings. The lowest BCUT2D eigenvalue weighted by Crippen LogP contribution is -2.35. The van der Waals surface area contributed by atoms with E-state index in [1.807, 2.05) is 12.1 Å². The van der Waals surface area contributed by atoms with E-state index in [-0.39, 0.29) is 0 Å². The number of rotatable bonds is 2. The van der Waals surface area contributed by atoms with Crippen LogP contribution in [0.3, 0.4) is 0 Å². The summed E-state index contributed by atoms with van der Waals surface area (Å²) in [7, 11) is 0. The van der Waals surface area contributed by atoms with E-state index in [4.69, 9.17) is 11.0 Å².